The van der Waals surface area contributed by atoms with Crippen LogP contribution in [0.5, 0.6) is 11.5 Å². The zero-order valence-electron chi connectivity index (χ0n) is 15.1. The van der Waals surface area contributed by atoms with E-state index in [0.29, 0.717) is 34.4 Å². The molecule has 0 saturated heterocycles. The topological polar surface area (TPSA) is 76.2 Å². The van der Waals surface area contributed by atoms with Crippen LogP contribution in [0.15, 0.2) is 48.7 Å². The molecule has 0 spiro atoms. The summed E-state index contributed by atoms with van der Waals surface area (Å²) in [7, 11) is 1.51. The summed E-state index contributed by atoms with van der Waals surface area (Å²) in [5.74, 6) is 0.574. The van der Waals surface area contributed by atoms with Gasteiger partial charge >= 0.3 is 0 Å². The van der Waals surface area contributed by atoms with Crippen molar-refractivity contribution in [2.75, 3.05) is 19.0 Å². The minimum atomic E-state index is -0.293. The first-order valence-electron chi connectivity index (χ1n) is 8.54. The van der Waals surface area contributed by atoms with Gasteiger partial charge in [0.05, 0.1) is 24.4 Å². The maximum absolute atomic E-state index is 12.7. The number of hydrogen-bond acceptors (Lipinski definition) is 4. The van der Waals surface area contributed by atoms with Crippen LogP contribution in [-0.4, -0.2) is 29.8 Å². The molecular formula is C20H20ClN3O3. The number of benzene rings is 2. The Morgan fingerprint density at radius 1 is 1.26 bits per heavy atom. The molecular weight excluding hydrogens is 366 g/mol. The van der Waals surface area contributed by atoms with Gasteiger partial charge in [0.1, 0.15) is 0 Å². The largest absolute Gasteiger partial charge is 0.493 e. The van der Waals surface area contributed by atoms with Crippen molar-refractivity contribution in [3.05, 3.63) is 59.2 Å². The minimum absolute atomic E-state index is 0.293. The number of amides is 1. The molecule has 27 heavy (non-hydrogen) atoms. The van der Waals surface area contributed by atoms with E-state index in [4.69, 9.17) is 21.1 Å². The fraction of sp³-hybridized carbons (Fsp3) is 0.200. The van der Waals surface area contributed by atoms with Crippen LogP contribution < -0.4 is 14.8 Å². The number of nitrogens with one attached hydrogen (secondary N) is 2. The SMILES string of the molecule is CCCOc1c(Cl)cc(C(=O)Nc2cccc(-c3ccn[nH]3)c2)cc1OC. The van der Waals surface area contributed by atoms with E-state index in [1.54, 1.807) is 18.3 Å². The van der Waals surface area contributed by atoms with E-state index in [1.807, 2.05) is 37.3 Å². The number of aromatic amines is 1. The first kappa shape index (κ1) is 18.8. The predicted molar refractivity (Wildman–Crippen MR) is 106 cm³/mol. The Bertz CT molecular complexity index is 926. The third-order valence-corrected chi connectivity index (χ3v) is 4.16. The van der Waals surface area contributed by atoms with Gasteiger partial charge in [0.25, 0.3) is 5.91 Å². The van der Waals surface area contributed by atoms with Gasteiger partial charge in [0.15, 0.2) is 11.5 Å². The lowest BCUT2D eigenvalue weighted by Gasteiger charge is -2.14. The standard InChI is InChI=1S/C20H20ClN3O3/c1-3-9-27-19-16(21)11-14(12-18(19)26-2)20(25)23-15-6-4-5-13(10-15)17-7-8-22-24-17/h4-8,10-12H,3,9H2,1-2H3,(H,22,24)(H,23,25). The number of H-pyrrole nitrogens is 1. The maximum atomic E-state index is 12.7. The second kappa shape index (κ2) is 8.60. The highest BCUT2D eigenvalue weighted by molar-refractivity contribution is 6.32. The molecule has 1 aromatic heterocycles. The fourth-order valence-corrected chi connectivity index (χ4v) is 2.84. The zero-order valence-corrected chi connectivity index (χ0v) is 15.8. The van der Waals surface area contributed by atoms with Gasteiger partial charge in [-0.2, -0.15) is 5.10 Å². The molecule has 0 unspecified atom stereocenters. The van der Waals surface area contributed by atoms with Gasteiger partial charge in [-0.05, 0) is 36.8 Å². The Morgan fingerprint density at radius 2 is 2.11 bits per heavy atom. The van der Waals surface area contributed by atoms with Crippen molar-refractivity contribution >= 4 is 23.2 Å². The Hall–Kier alpha value is -2.99. The van der Waals surface area contributed by atoms with Gasteiger partial charge in [-0.1, -0.05) is 30.7 Å². The Balaban J connectivity index is 1.82. The highest BCUT2D eigenvalue weighted by atomic mass is 35.5. The predicted octanol–water partition coefficient (Wildman–Crippen LogP) is 4.78. The molecule has 0 aliphatic carbocycles. The van der Waals surface area contributed by atoms with Crippen LogP contribution in [-0.2, 0) is 0 Å². The molecule has 2 N–H and O–H groups in total. The second-order valence-electron chi connectivity index (χ2n) is 5.84. The smallest absolute Gasteiger partial charge is 0.255 e. The lowest BCUT2D eigenvalue weighted by Crippen LogP contribution is -2.12. The maximum Gasteiger partial charge on any atom is 0.255 e. The average Bonchev–Trinajstić information content (AvgIpc) is 3.21. The van der Waals surface area contributed by atoms with Gasteiger partial charge in [0, 0.05) is 23.0 Å². The number of ether oxygens (including phenoxy) is 2. The molecule has 3 aromatic rings. The number of anilines is 1. The van der Waals surface area contributed by atoms with Gasteiger partial charge in [0.2, 0.25) is 0 Å². The van der Waals surface area contributed by atoms with Gasteiger partial charge in [-0.25, -0.2) is 0 Å². The van der Waals surface area contributed by atoms with Gasteiger partial charge in [-0.15, -0.1) is 0 Å². The quantitative estimate of drug-likeness (QED) is 0.613. The summed E-state index contributed by atoms with van der Waals surface area (Å²) in [5, 5.41) is 10.0. The average molecular weight is 386 g/mol. The number of carbonyl (C=O) groups is 1. The van der Waals surface area contributed by atoms with Crippen molar-refractivity contribution < 1.29 is 14.3 Å². The zero-order chi connectivity index (χ0) is 19.2. The third kappa shape index (κ3) is 4.41. The molecule has 0 aliphatic heterocycles. The summed E-state index contributed by atoms with van der Waals surface area (Å²) in [6.45, 7) is 2.52. The fourth-order valence-electron chi connectivity index (χ4n) is 2.58. The molecule has 0 bridgehead atoms. The van der Waals surface area contributed by atoms with Crippen LogP contribution >= 0.6 is 11.6 Å². The summed E-state index contributed by atoms with van der Waals surface area (Å²) >= 11 is 6.29. The Labute approximate surface area is 162 Å². The molecule has 7 heteroatoms. The molecule has 0 atom stereocenters. The summed E-state index contributed by atoms with van der Waals surface area (Å²) in [4.78, 5) is 12.7. The van der Waals surface area contributed by atoms with Crippen molar-refractivity contribution in [1.29, 1.82) is 0 Å². The van der Waals surface area contributed by atoms with Crippen molar-refractivity contribution in [1.82, 2.24) is 10.2 Å². The number of methoxy groups -OCH3 is 1. The molecule has 140 valence electrons. The number of carbonyl (C=O) groups excluding carboxylic acids is 1. The number of aromatic nitrogens is 2. The van der Waals surface area contributed by atoms with Crippen molar-refractivity contribution in [2.24, 2.45) is 0 Å². The van der Waals surface area contributed by atoms with Crippen molar-refractivity contribution in [2.45, 2.75) is 13.3 Å². The second-order valence-corrected chi connectivity index (χ2v) is 6.25. The van der Waals surface area contributed by atoms with Crippen LogP contribution in [0.4, 0.5) is 5.69 Å². The van der Waals surface area contributed by atoms with E-state index >= 15 is 0 Å². The van der Waals surface area contributed by atoms with Gasteiger partial charge in [-0.3, -0.25) is 9.89 Å². The van der Waals surface area contributed by atoms with Crippen LogP contribution in [0.3, 0.4) is 0 Å². The summed E-state index contributed by atoms with van der Waals surface area (Å²) in [6.07, 6.45) is 2.52. The number of rotatable bonds is 7. The van der Waals surface area contributed by atoms with Crippen LogP contribution in [0, 0.1) is 0 Å². The Kier molecular flexibility index (Phi) is 5.98. The lowest BCUT2D eigenvalue weighted by molar-refractivity contribution is 0.102. The molecule has 3 rings (SSSR count). The molecule has 0 fully saturated rings. The summed E-state index contributed by atoms with van der Waals surface area (Å²) < 4.78 is 11.0. The summed E-state index contributed by atoms with van der Waals surface area (Å²) in [5.41, 5.74) is 2.83. The molecule has 0 saturated carbocycles. The highest BCUT2D eigenvalue weighted by Crippen LogP contribution is 2.36. The number of halogens is 1. The van der Waals surface area contributed by atoms with Crippen LogP contribution in [0.2, 0.25) is 5.02 Å². The highest BCUT2D eigenvalue weighted by Gasteiger charge is 2.16. The first-order valence-corrected chi connectivity index (χ1v) is 8.91. The number of nitrogens with zero attached hydrogens (tertiary/aromatic N) is 1. The van der Waals surface area contributed by atoms with E-state index in [-0.39, 0.29) is 5.91 Å². The molecule has 2 aromatic carbocycles. The molecule has 1 heterocycles. The van der Waals surface area contributed by atoms with E-state index in [0.717, 1.165) is 17.7 Å². The molecule has 0 aliphatic rings. The molecule has 0 radical (unpaired) electrons. The third-order valence-electron chi connectivity index (χ3n) is 3.87. The van der Waals surface area contributed by atoms with E-state index < -0.39 is 0 Å². The van der Waals surface area contributed by atoms with Crippen LogP contribution in [0.25, 0.3) is 11.3 Å². The van der Waals surface area contributed by atoms with E-state index in [9.17, 15) is 4.79 Å². The summed E-state index contributed by atoms with van der Waals surface area (Å²) in [6, 6.07) is 12.5. The number of hydrogen-bond donors (Lipinski definition) is 2. The first-order chi connectivity index (χ1) is 13.1. The normalized spacial score (nSPS) is 10.5. The monoisotopic (exact) mass is 385 g/mol. The minimum Gasteiger partial charge on any atom is -0.493 e. The van der Waals surface area contributed by atoms with E-state index in [2.05, 4.69) is 15.5 Å². The molecule has 1 amide bonds. The lowest BCUT2D eigenvalue weighted by atomic mass is 10.1. The van der Waals surface area contributed by atoms with Crippen LogP contribution in [0.1, 0.15) is 23.7 Å². The Morgan fingerprint density at radius 3 is 2.81 bits per heavy atom. The van der Waals surface area contributed by atoms with Crippen molar-refractivity contribution in [3.63, 3.8) is 0 Å². The van der Waals surface area contributed by atoms with Gasteiger partial charge < -0.3 is 14.8 Å². The van der Waals surface area contributed by atoms with Crippen molar-refractivity contribution in [3.8, 4) is 22.8 Å². The van der Waals surface area contributed by atoms with E-state index in [1.165, 1.54) is 7.11 Å². The molecule has 6 nitrogen and oxygen atoms in total.